The zero-order chi connectivity index (χ0) is 11.1. The molecule has 2 aliphatic rings. The van der Waals surface area contributed by atoms with Gasteiger partial charge in [0.05, 0.1) is 17.3 Å². The molecule has 5 heteroatoms. The zero-order valence-corrected chi connectivity index (χ0v) is 9.34. The molecule has 0 saturated heterocycles. The second-order valence-corrected chi connectivity index (χ2v) is 5.02. The van der Waals surface area contributed by atoms with Crippen LogP contribution in [-0.2, 0) is 0 Å². The molecule has 0 spiro atoms. The molecule has 86 valence electrons. The van der Waals surface area contributed by atoms with Gasteiger partial charge in [0.25, 0.3) is 0 Å². The van der Waals surface area contributed by atoms with Gasteiger partial charge in [-0.1, -0.05) is 12.8 Å². The monoisotopic (exact) mass is 220 g/mol. The van der Waals surface area contributed by atoms with E-state index in [0.29, 0.717) is 17.6 Å². The molecule has 16 heavy (non-hydrogen) atoms. The van der Waals surface area contributed by atoms with Crippen LogP contribution in [0, 0.1) is 0 Å². The van der Waals surface area contributed by atoms with Crippen LogP contribution in [-0.4, -0.2) is 26.9 Å². The lowest BCUT2D eigenvalue weighted by Crippen LogP contribution is -2.38. The minimum Gasteiger partial charge on any atom is -0.422 e. The summed E-state index contributed by atoms with van der Waals surface area (Å²) in [6, 6.07) is 2.25. The van der Waals surface area contributed by atoms with Crippen LogP contribution in [0.4, 0.5) is 0 Å². The van der Waals surface area contributed by atoms with E-state index in [9.17, 15) is 10.0 Å². The van der Waals surface area contributed by atoms with Crippen molar-refractivity contribution in [3.8, 4) is 0 Å². The Labute approximate surface area is 95.4 Å². The van der Waals surface area contributed by atoms with Gasteiger partial charge in [-0.25, -0.2) is 0 Å². The van der Waals surface area contributed by atoms with Gasteiger partial charge in [0, 0.05) is 5.92 Å². The maximum absolute atomic E-state index is 9.38. The molecular weight excluding hydrogens is 203 g/mol. The summed E-state index contributed by atoms with van der Waals surface area (Å²) in [7, 11) is -1.39. The Bertz CT molecular complexity index is 381. The van der Waals surface area contributed by atoms with Gasteiger partial charge in [-0.3, -0.25) is 4.68 Å². The summed E-state index contributed by atoms with van der Waals surface area (Å²) in [5, 5.41) is 23.3. The third-order valence-corrected chi connectivity index (χ3v) is 3.71. The minimum atomic E-state index is -1.39. The van der Waals surface area contributed by atoms with E-state index in [2.05, 4.69) is 5.10 Å². The fourth-order valence-corrected chi connectivity index (χ4v) is 2.64. The standard InChI is InChI=1S/C11H17BN2O2/c15-12(16)11-7-10(8-5-6-8)13-14(11)9-3-1-2-4-9/h7-9,15-16H,1-6H2. The molecule has 4 nitrogen and oxygen atoms in total. The van der Waals surface area contributed by atoms with Crippen molar-refractivity contribution >= 4 is 12.7 Å². The maximum atomic E-state index is 9.38. The predicted molar refractivity (Wildman–Crippen MR) is 61.5 cm³/mol. The summed E-state index contributed by atoms with van der Waals surface area (Å²) in [5.41, 5.74) is 1.63. The lowest BCUT2D eigenvalue weighted by Gasteiger charge is -2.13. The summed E-state index contributed by atoms with van der Waals surface area (Å²) in [5.74, 6) is 0.570. The van der Waals surface area contributed by atoms with Crippen LogP contribution in [0.1, 0.15) is 56.2 Å². The van der Waals surface area contributed by atoms with E-state index in [0.717, 1.165) is 18.5 Å². The van der Waals surface area contributed by atoms with E-state index in [1.807, 2.05) is 10.7 Å². The highest BCUT2D eigenvalue weighted by Crippen LogP contribution is 2.39. The Morgan fingerprint density at radius 3 is 2.44 bits per heavy atom. The SMILES string of the molecule is OB(O)c1cc(C2CC2)nn1C1CCCC1. The van der Waals surface area contributed by atoms with E-state index in [-0.39, 0.29) is 0 Å². The summed E-state index contributed by atoms with van der Waals surface area (Å²) in [6.07, 6.45) is 7.08. The Kier molecular flexibility index (Phi) is 2.52. The molecule has 3 rings (SSSR count). The quantitative estimate of drug-likeness (QED) is 0.731. The molecule has 2 saturated carbocycles. The van der Waals surface area contributed by atoms with Crippen LogP contribution in [0.25, 0.3) is 0 Å². The van der Waals surface area contributed by atoms with E-state index >= 15 is 0 Å². The van der Waals surface area contributed by atoms with Gasteiger partial charge in [0.2, 0.25) is 0 Å². The second-order valence-electron chi connectivity index (χ2n) is 5.02. The van der Waals surface area contributed by atoms with Gasteiger partial charge < -0.3 is 10.0 Å². The first-order valence-corrected chi connectivity index (χ1v) is 6.21. The van der Waals surface area contributed by atoms with E-state index in [1.165, 1.54) is 25.7 Å². The summed E-state index contributed by atoms with van der Waals surface area (Å²) < 4.78 is 1.87. The average Bonchev–Trinajstić information content (AvgIpc) is 2.83. The van der Waals surface area contributed by atoms with Crippen molar-refractivity contribution in [1.29, 1.82) is 0 Å². The first kappa shape index (κ1) is 10.4. The third kappa shape index (κ3) is 1.78. The highest BCUT2D eigenvalue weighted by molar-refractivity contribution is 6.57. The number of nitrogens with zero attached hydrogens (tertiary/aromatic N) is 2. The van der Waals surface area contributed by atoms with E-state index in [4.69, 9.17) is 0 Å². The molecule has 1 heterocycles. The normalized spacial score (nSPS) is 21.6. The van der Waals surface area contributed by atoms with E-state index < -0.39 is 7.12 Å². The van der Waals surface area contributed by atoms with Gasteiger partial charge in [0.15, 0.2) is 0 Å². The van der Waals surface area contributed by atoms with Crippen molar-refractivity contribution in [3.63, 3.8) is 0 Å². The fourth-order valence-electron chi connectivity index (χ4n) is 2.64. The van der Waals surface area contributed by atoms with Crippen LogP contribution in [0.15, 0.2) is 6.07 Å². The average molecular weight is 220 g/mol. The maximum Gasteiger partial charge on any atom is 0.507 e. The number of aromatic nitrogens is 2. The van der Waals surface area contributed by atoms with Crippen molar-refractivity contribution in [2.45, 2.75) is 50.5 Å². The molecule has 0 amide bonds. The Morgan fingerprint density at radius 1 is 1.19 bits per heavy atom. The van der Waals surface area contributed by atoms with Crippen LogP contribution in [0.2, 0.25) is 0 Å². The highest BCUT2D eigenvalue weighted by Gasteiger charge is 2.32. The van der Waals surface area contributed by atoms with Crippen molar-refractivity contribution < 1.29 is 10.0 Å². The number of hydrogen-bond donors (Lipinski definition) is 2. The molecule has 0 aliphatic heterocycles. The Balaban J connectivity index is 1.93. The van der Waals surface area contributed by atoms with Crippen molar-refractivity contribution in [1.82, 2.24) is 9.78 Å². The lowest BCUT2D eigenvalue weighted by atomic mass is 9.85. The lowest BCUT2D eigenvalue weighted by molar-refractivity contribution is 0.409. The van der Waals surface area contributed by atoms with Crippen molar-refractivity contribution in [2.24, 2.45) is 0 Å². The second kappa shape index (κ2) is 3.89. The Morgan fingerprint density at radius 2 is 1.88 bits per heavy atom. The molecule has 0 unspecified atom stereocenters. The van der Waals surface area contributed by atoms with Crippen LogP contribution >= 0.6 is 0 Å². The highest BCUT2D eigenvalue weighted by atomic mass is 16.4. The topological polar surface area (TPSA) is 58.3 Å². The van der Waals surface area contributed by atoms with Gasteiger partial charge in [0.1, 0.15) is 0 Å². The van der Waals surface area contributed by atoms with Crippen LogP contribution in [0.3, 0.4) is 0 Å². The van der Waals surface area contributed by atoms with E-state index in [1.54, 1.807) is 0 Å². The molecule has 2 fully saturated rings. The molecule has 0 aromatic carbocycles. The number of hydrogen-bond acceptors (Lipinski definition) is 3. The third-order valence-electron chi connectivity index (χ3n) is 3.71. The Hall–Kier alpha value is -0.805. The summed E-state index contributed by atoms with van der Waals surface area (Å²) in [4.78, 5) is 0. The van der Waals surface area contributed by atoms with Crippen molar-refractivity contribution in [2.75, 3.05) is 0 Å². The van der Waals surface area contributed by atoms with Crippen molar-refractivity contribution in [3.05, 3.63) is 11.8 Å². The molecule has 0 atom stereocenters. The van der Waals surface area contributed by atoms with Gasteiger partial charge >= 0.3 is 7.12 Å². The molecule has 0 bridgehead atoms. The van der Waals surface area contributed by atoms with Crippen LogP contribution < -0.4 is 5.59 Å². The largest absolute Gasteiger partial charge is 0.507 e. The summed E-state index contributed by atoms with van der Waals surface area (Å²) >= 11 is 0. The molecule has 1 aromatic heterocycles. The first-order chi connectivity index (χ1) is 7.75. The fraction of sp³-hybridized carbons (Fsp3) is 0.727. The molecule has 1 aromatic rings. The molecule has 2 N–H and O–H groups in total. The predicted octanol–water partition coefficient (Wildman–Crippen LogP) is 0.555. The van der Waals surface area contributed by atoms with Gasteiger partial charge in [-0.2, -0.15) is 5.10 Å². The first-order valence-electron chi connectivity index (χ1n) is 6.21. The summed E-state index contributed by atoms with van der Waals surface area (Å²) in [6.45, 7) is 0. The molecule has 2 aliphatic carbocycles. The van der Waals surface area contributed by atoms with Gasteiger partial charge in [-0.05, 0) is 31.7 Å². The van der Waals surface area contributed by atoms with Crippen LogP contribution in [0.5, 0.6) is 0 Å². The molecular formula is C11H17BN2O2. The smallest absolute Gasteiger partial charge is 0.422 e. The minimum absolute atomic E-state index is 0.379. The zero-order valence-electron chi connectivity index (χ0n) is 9.34. The van der Waals surface area contributed by atoms with Gasteiger partial charge in [-0.15, -0.1) is 0 Å². The molecule has 0 radical (unpaired) electrons. The number of rotatable bonds is 3.